The van der Waals surface area contributed by atoms with Gasteiger partial charge in [-0.2, -0.15) is 0 Å². The van der Waals surface area contributed by atoms with Crippen LogP contribution < -0.4 is 5.32 Å². The van der Waals surface area contributed by atoms with Gasteiger partial charge < -0.3 is 9.88 Å². The van der Waals surface area contributed by atoms with Crippen LogP contribution in [0.2, 0.25) is 0 Å². The second-order valence-corrected chi connectivity index (χ2v) is 5.63. The fourth-order valence-electron chi connectivity index (χ4n) is 2.71. The molecule has 0 aliphatic carbocycles. The van der Waals surface area contributed by atoms with Crippen LogP contribution in [0.15, 0.2) is 54.6 Å². The Morgan fingerprint density at radius 1 is 0.955 bits per heavy atom. The number of fused-ring (bicyclic) bond motifs is 1. The quantitative estimate of drug-likeness (QED) is 0.641. The molecule has 0 aliphatic rings. The second-order valence-electron chi connectivity index (χ2n) is 5.63. The molecule has 3 aromatic rings. The molecule has 0 bridgehead atoms. The number of aromatic nitrogens is 2. The molecular weight excluding hydrogens is 270 g/mol. The van der Waals surface area contributed by atoms with E-state index in [2.05, 4.69) is 65.3 Å². The van der Waals surface area contributed by atoms with Gasteiger partial charge in [0, 0.05) is 6.54 Å². The highest BCUT2D eigenvalue weighted by atomic mass is 15.2. The minimum absolute atomic E-state index is 0.845. The van der Waals surface area contributed by atoms with Gasteiger partial charge in [0.05, 0.1) is 17.6 Å². The normalized spacial score (nSPS) is 11.0. The number of para-hydroxylation sites is 2. The van der Waals surface area contributed by atoms with E-state index < -0.39 is 0 Å². The fourth-order valence-corrected chi connectivity index (χ4v) is 2.71. The summed E-state index contributed by atoms with van der Waals surface area (Å²) in [5.41, 5.74) is 3.53. The van der Waals surface area contributed by atoms with E-state index in [1.54, 1.807) is 0 Å². The van der Waals surface area contributed by atoms with Crippen LogP contribution in [0.25, 0.3) is 11.0 Å². The number of imidazole rings is 1. The Morgan fingerprint density at radius 3 is 2.55 bits per heavy atom. The number of nitrogens with one attached hydrogen (secondary N) is 1. The summed E-state index contributed by atoms with van der Waals surface area (Å²) in [6.45, 7) is 4.05. The molecule has 0 atom stereocenters. The molecule has 2 aromatic carbocycles. The Bertz CT molecular complexity index is 716. The average Bonchev–Trinajstić information content (AvgIpc) is 2.91. The number of rotatable bonds is 7. The van der Waals surface area contributed by atoms with Gasteiger partial charge in [-0.1, -0.05) is 62.2 Å². The number of anilines is 1. The van der Waals surface area contributed by atoms with Crippen molar-refractivity contribution in [3.05, 3.63) is 60.2 Å². The van der Waals surface area contributed by atoms with Gasteiger partial charge in [0.25, 0.3) is 0 Å². The van der Waals surface area contributed by atoms with Crippen LogP contribution in [0.4, 0.5) is 5.95 Å². The van der Waals surface area contributed by atoms with E-state index in [4.69, 9.17) is 4.98 Å². The first-order valence-corrected chi connectivity index (χ1v) is 8.11. The molecule has 114 valence electrons. The Hall–Kier alpha value is -2.29. The molecule has 1 N–H and O–H groups in total. The van der Waals surface area contributed by atoms with E-state index in [0.717, 1.165) is 24.6 Å². The molecular formula is C19H23N3. The first-order valence-electron chi connectivity index (χ1n) is 8.11. The summed E-state index contributed by atoms with van der Waals surface area (Å²) in [5, 5.41) is 3.51. The Balaban J connectivity index is 1.87. The maximum absolute atomic E-state index is 4.76. The van der Waals surface area contributed by atoms with E-state index in [-0.39, 0.29) is 0 Å². The van der Waals surface area contributed by atoms with Crippen LogP contribution >= 0.6 is 0 Å². The fraction of sp³-hybridized carbons (Fsp3) is 0.316. The molecule has 0 saturated heterocycles. The van der Waals surface area contributed by atoms with Crippen molar-refractivity contribution in [2.24, 2.45) is 0 Å². The Kier molecular flexibility index (Phi) is 4.74. The third-order valence-electron chi connectivity index (χ3n) is 3.90. The van der Waals surface area contributed by atoms with Crippen molar-refractivity contribution in [3.8, 4) is 0 Å². The highest BCUT2D eigenvalue weighted by Gasteiger charge is 2.10. The van der Waals surface area contributed by atoms with Gasteiger partial charge in [-0.25, -0.2) is 4.98 Å². The van der Waals surface area contributed by atoms with Gasteiger partial charge in [0.15, 0.2) is 0 Å². The predicted molar refractivity (Wildman–Crippen MR) is 93.3 cm³/mol. The topological polar surface area (TPSA) is 29.9 Å². The van der Waals surface area contributed by atoms with Crippen LogP contribution in [0.3, 0.4) is 0 Å². The Morgan fingerprint density at radius 2 is 1.73 bits per heavy atom. The van der Waals surface area contributed by atoms with E-state index in [1.807, 2.05) is 6.07 Å². The Labute approximate surface area is 132 Å². The lowest BCUT2D eigenvalue weighted by Crippen LogP contribution is -2.09. The summed E-state index contributed by atoms with van der Waals surface area (Å²) >= 11 is 0. The van der Waals surface area contributed by atoms with Crippen molar-refractivity contribution >= 4 is 17.0 Å². The summed E-state index contributed by atoms with van der Waals surface area (Å²) in [6.07, 6.45) is 3.68. The summed E-state index contributed by atoms with van der Waals surface area (Å²) in [7, 11) is 0. The minimum Gasteiger partial charge on any atom is -0.356 e. The lowest BCUT2D eigenvalue weighted by Gasteiger charge is -2.11. The van der Waals surface area contributed by atoms with Gasteiger partial charge in [0.1, 0.15) is 0 Å². The van der Waals surface area contributed by atoms with Crippen LogP contribution in [0.5, 0.6) is 0 Å². The lowest BCUT2D eigenvalue weighted by molar-refractivity contribution is 0.732. The molecule has 3 nitrogen and oxygen atoms in total. The third-order valence-corrected chi connectivity index (χ3v) is 3.90. The van der Waals surface area contributed by atoms with Crippen molar-refractivity contribution in [1.82, 2.24) is 9.55 Å². The molecule has 0 amide bonds. The van der Waals surface area contributed by atoms with Gasteiger partial charge in [-0.15, -0.1) is 0 Å². The number of hydrogen-bond donors (Lipinski definition) is 1. The molecule has 0 spiro atoms. The molecule has 0 aliphatic heterocycles. The molecule has 22 heavy (non-hydrogen) atoms. The second kappa shape index (κ2) is 7.12. The SMILES string of the molecule is CCCCCNc1nc2ccccc2n1Cc1ccccc1. The first-order chi connectivity index (χ1) is 10.9. The molecule has 0 fully saturated rings. The van der Waals surface area contributed by atoms with E-state index in [0.29, 0.717) is 0 Å². The third kappa shape index (κ3) is 3.30. The van der Waals surface area contributed by atoms with Crippen molar-refractivity contribution in [2.45, 2.75) is 32.7 Å². The summed E-state index contributed by atoms with van der Waals surface area (Å²) < 4.78 is 2.27. The van der Waals surface area contributed by atoms with E-state index >= 15 is 0 Å². The minimum atomic E-state index is 0.845. The molecule has 3 heteroatoms. The number of nitrogens with zero attached hydrogens (tertiary/aromatic N) is 2. The monoisotopic (exact) mass is 293 g/mol. The van der Waals surface area contributed by atoms with Crippen LogP contribution in [-0.2, 0) is 6.54 Å². The van der Waals surface area contributed by atoms with E-state index in [1.165, 1.54) is 30.3 Å². The van der Waals surface area contributed by atoms with Gasteiger partial charge in [0.2, 0.25) is 5.95 Å². The summed E-state index contributed by atoms with van der Waals surface area (Å²) in [4.78, 5) is 4.76. The molecule has 3 rings (SSSR count). The van der Waals surface area contributed by atoms with Crippen LogP contribution in [0.1, 0.15) is 31.7 Å². The van der Waals surface area contributed by atoms with Gasteiger partial charge >= 0.3 is 0 Å². The number of hydrogen-bond acceptors (Lipinski definition) is 2. The van der Waals surface area contributed by atoms with Gasteiger partial charge in [-0.3, -0.25) is 0 Å². The highest BCUT2D eigenvalue weighted by molar-refractivity contribution is 5.78. The zero-order valence-electron chi connectivity index (χ0n) is 13.1. The zero-order chi connectivity index (χ0) is 15.2. The first kappa shape index (κ1) is 14.6. The number of unbranched alkanes of at least 4 members (excludes halogenated alkanes) is 2. The molecule has 0 unspecified atom stereocenters. The maximum Gasteiger partial charge on any atom is 0.204 e. The van der Waals surface area contributed by atoms with Gasteiger partial charge in [-0.05, 0) is 24.1 Å². The maximum atomic E-state index is 4.76. The standard InChI is InChI=1S/C19H23N3/c1-2-3-9-14-20-19-21-17-12-7-8-13-18(17)22(19)15-16-10-5-4-6-11-16/h4-8,10-13H,2-3,9,14-15H2,1H3,(H,20,21). The molecule has 0 radical (unpaired) electrons. The van der Waals surface area contributed by atoms with Crippen molar-refractivity contribution in [3.63, 3.8) is 0 Å². The van der Waals surface area contributed by atoms with Crippen molar-refractivity contribution < 1.29 is 0 Å². The van der Waals surface area contributed by atoms with Crippen LogP contribution in [0, 0.1) is 0 Å². The molecule has 1 heterocycles. The van der Waals surface area contributed by atoms with Crippen molar-refractivity contribution in [1.29, 1.82) is 0 Å². The van der Waals surface area contributed by atoms with Crippen LogP contribution in [-0.4, -0.2) is 16.1 Å². The zero-order valence-corrected chi connectivity index (χ0v) is 13.1. The predicted octanol–water partition coefficient (Wildman–Crippen LogP) is 4.69. The largest absolute Gasteiger partial charge is 0.356 e. The molecule has 0 saturated carbocycles. The summed E-state index contributed by atoms with van der Waals surface area (Å²) in [5.74, 6) is 0.973. The molecule has 1 aromatic heterocycles. The van der Waals surface area contributed by atoms with Crippen molar-refractivity contribution in [2.75, 3.05) is 11.9 Å². The number of benzene rings is 2. The van der Waals surface area contributed by atoms with E-state index in [9.17, 15) is 0 Å². The smallest absolute Gasteiger partial charge is 0.204 e. The lowest BCUT2D eigenvalue weighted by atomic mass is 10.2. The average molecular weight is 293 g/mol. The summed E-state index contributed by atoms with van der Waals surface area (Å²) in [6, 6.07) is 18.9. The highest BCUT2D eigenvalue weighted by Crippen LogP contribution is 2.21.